The molecule has 0 aliphatic carbocycles. The van der Waals surface area contributed by atoms with E-state index in [2.05, 4.69) is 0 Å². The Kier molecular flexibility index (Phi) is 6.53. The van der Waals surface area contributed by atoms with Gasteiger partial charge < -0.3 is 10.0 Å². The van der Waals surface area contributed by atoms with Crippen LogP contribution in [0.25, 0.3) is 0 Å². The van der Waals surface area contributed by atoms with E-state index in [0.717, 1.165) is 5.56 Å². The summed E-state index contributed by atoms with van der Waals surface area (Å²) in [6, 6.07) is 5.03. The topological polar surface area (TPSA) is 40.5 Å². The number of carbonyl (C=O) groups excluding carboxylic acids is 1. The lowest BCUT2D eigenvalue weighted by Gasteiger charge is -2.22. The van der Waals surface area contributed by atoms with E-state index >= 15 is 0 Å². The highest BCUT2D eigenvalue weighted by Crippen LogP contribution is 2.23. The minimum absolute atomic E-state index is 0.148. The monoisotopic (exact) mass is 329 g/mol. The number of rotatable bonds is 5. The lowest BCUT2D eigenvalue weighted by molar-refractivity contribution is -0.130. The van der Waals surface area contributed by atoms with Crippen LogP contribution in [-0.2, 0) is 11.3 Å². The summed E-state index contributed by atoms with van der Waals surface area (Å²) in [5.41, 5.74) is 0.778. The molecule has 0 fully saturated rings. The van der Waals surface area contributed by atoms with E-state index in [1.807, 2.05) is 0 Å². The van der Waals surface area contributed by atoms with Crippen LogP contribution in [0.15, 0.2) is 18.2 Å². The Labute approximate surface area is 125 Å². The lowest BCUT2D eigenvalue weighted by Crippen LogP contribution is -2.36. The highest BCUT2D eigenvalue weighted by atomic mass is 35.5. The van der Waals surface area contributed by atoms with Gasteiger partial charge >= 0.3 is 0 Å². The molecular weight excluding hydrogens is 320 g/mol. The quantitative estimate of drug-likeness (QED) is 0.843. The number of halogens is 4. The van der Waals surface area contributed by atoms with Gasteiger partial charge in [0.15, 0.2) is 4.84 Å². The fraction of sp³-hybridized carbons (Fsp3) is 0.364. The summed E-state index contributed by atoms with van der Waals surface area (Å²) in [7, 11) is 0. The zero-order valence-corrected chi connectivity index (χ0v) is 12.3. The van der Waals surface area contributed by atoms with Gasteiger partial charge in [0.1, 0.15) is 0 Å². The number of aliphatic hydroxyl groups excluding tert-OH is 1. The number of aliphatic hydroxyl groups is 1. The second-order valence-corrected chi connectivity index (χ2v) is 5.44. The zero-order chi connectivity index (χ0) is 13.7. The van der Waals surface area contributed by atoms with Gasteiger partial charge in [0.05, 0.1) is 16.7 Å². The van der Waals surface area contributed by atoms with Gasteiger partial charge in [-0.15, -0.1) is 0 Å². The van der Waals surface area contributed by atoms with Crippen molar-refractivity contribution >= 4 is 52.3 Å². The molecule has 0 unspecified atom stereocenters. The number of amides is 1. The molecule has 1 amide bonds. The van der Waals surface area contributed by atoms with E-state index < -0.39 is 10.7 Å². The number of hydrogen-bond donors (Lipinski definition) is 1. The van der Waals surface area contributed by atoms with Gasteiger partial charge in [-0.25, -0.2) is 0 Å². The third kappa shape index (κ3) is 4.48. The van der Waals surface area contributed by atoms with E-state index in [9.17, 15) is 4.79 Å². The molecule has 0 atom stereocenters. The largest absolute Gasteiger partial charge is 0.395 e. The maximum absolute atomic E-state index is 11.7. The summed E-state index contributed by atoms with van der Waals surface area (Å²) in [5.74, 6) is -0.460. The Morgan fingerprint density at radius 3 is 2.44 bits per heavy atom. The third-order valence-corrected chi connectivity index (χ3v) is 3.34. The minimum atomic E-state index is -1.15. The fourth-order valence-corrected chi connectivity index (χ4v) is 1.98. The highest BCUT2D eigenvalue weighted by molar-refractivity contribution is 6.53. The SMILES string of the molecule is O=C(C(Cl)Cl)N(CCO)Cc1ccc(Cl)c(Cl)c1. The van der Waals surface area contributed by atoms with Crippen molar-refractivity contribution < 1.29 is 9.90 Å². The Morgan fingerprint density at radius 2 is 1.94 bits per heavy atom. The van der Waals surface area contributed by atoms with Gasteiger partial charge in [0, 0.05) is 13.1 Å². The number of alkyl halides is 2. The molecule has 100 valence electrons. The summed E-state index contributed by atoms with van der Waals surface area (Å²) < 4.78 is 0. The Hall–Kier alpha value is -0.190. The molecule has 1 aromatic carbocycles. The molecule has 7 heteroatoms. The molecule has 0 bridgehead atoms. The molecule has 0 spiro atoms. The highest BCUT2D eigenvalue weighted by Gasteiger charge is 2.20. The number of carbonyl (C=O) groups is 1. The second kappa shape index (κ2) is 7.41. The summed E-state index contributed by atoms with van der Waals surface area (Å²) in [6.07, 6.45) is 0. The second-order valence-electron chi connectivity index (χ2n) is 3.53. The maximum Gasteiger partial charge on any atom is 0.256 e. The molecule has 0 saturated carbocycles. The normalized spacial score (nSPS) is 10.8. The zero-order valence-electron chi connectivity index (χ0n) is 9.25. The molecule has 0 heterocycles. The molecular formula is C11H11Cl4NO2. The summed E-state index contributed by atoms with van der Waals surface area (Å²) in [4.78, 5) is 11.9. The molecule has 0 aliphatic heterocycles. The smallest absolute Gasteiger partial charge is 0.256 e. The van der Waals surface area contributed by atoms with Crippen LogP contribution >= 0.6 is 46.4 Å². The summed E-state index contributed by atoms with van der Waals surface area (Å²) in [5, 5.41) is 9.76. The average molecular weight is 331 g/mol. The first-order valence-corrected chi connectivity index (χ1v) is 6.70. The Balaban J connectivity index is 2.82. The van der Waals surface area contributed by atoms with Gasteiger partial charge in [-0.2, -0.15) is 0 Å². The molecule has 1 rings (SSSR count). The molecule has 1 N–H and O–H groups in total. The third-order valence-electron chi connectivity index (χ3n) is 2.23. The van der Waals surface area contributed by atoms with Gasteiger partial charge in [-0.1, -0.05) is 52.5 Å². The molecule has 18 heavy (non-hydrogen) atoms. The fourth-order valence-electron chi connectivity index (χ4n) is 1.38. The Bertz CT molecular complexity index is 426. The van der Waals surface area contributed by atoms with Crippen LogP contribution in [0.3, 0.4) is 0 Å². The van der Waals surface area contributed by atoms with Crippen LogP contribution < -0.4 is 0 Å². The van der Waals surface area contributed by atoms with Crippen molar-refractivity contribution in [1.29, 1.82) is 0 Å². The predicted molar refractivity (Wildman–Crippen MR) is 74.5 cm³/mol. The molecule has 0 radical (unpaired) electrons. The van der Waals surface area contributed by atoms with Crippen LogP contribution in [0.2, 0.25) is 10.0 Å². The standard InChI is InChI=1S/C11H11Cl4NO2/c12-8-2-1-7(5-9(8)13)6-16(3-4-17)11(18)10(14)15/h1-2,5,10,17H,3-4,6H2. The minimum Gasteiger partial charge on any atom is -0.395 e. The Morgan fingerprint density at radius 1 is 1.28 bits per heavy atom. The van der Waals surface area contributed by atoms with Gasteiger partial charge in [-0.05, 0) is 17.7 Å². The summed E-state index contributed by atoms with van der Waals surface area (Å²) in [6.45, 7) is 0.231. The van der Waals surface area contributed by atoms with Gasteiger partial charge in [0.25, 0.3) is 5.91 Å². The van der Waals surface area contributed by atoms with Crippen LogP contribution in [0.1, 0.15) is 5.56 Å². The predicted octanol–water partition coefficient (Wildman–Crippen LogP) is 3.12. The molecule has 1 aromatic rings. The first-order valence-electron chi connectivity index (χ1n) is 5.07. The van der Waals surface area contributed by atoms with E-state index in [0.29, 0.717) is 10.0 Å². The maximum atomic E-state index is 11.7. The van der Waals surface area contributed by atoms with Crippen LogP contribution in [0.5, 0.6) is 0 Å². The van der Waals surface area contributed by atoms with Crippen molar-refractivity contribution in [2.75, 3.05) is 13.2 Å². The molecule has 3 nitrogen and oxygen atoms in total. The van der Waals surface area contributed by atoms with Crippen molar-refractivity contribution in [2.45, 2.75) is 11.4 Å². The van der Waals surface area contributed by atoms with E-state index in [1.165, 1.54) is 4.90 Å². The first-order chi connectivity index (χ1) is 8.45. The van der Waals surface area contributed by atoms with Crippen LogP contribution in [0, 0.1) is 0 Å². The molecule has 0 aliphatic rings. The lowest BCUT2D eigenvalue weighted by atomic mass is 10.2. The molecule has 0 saturated heterocycles. The molecule has 0 aromatic heterocycles. The van der Waals surface area contributed by atoms with Crippen molar-refractivity contribution in [3.05, 3.63) is 33.8 Å². The van der Waals surface area contributed by atoms with E-state index in [-0.39, 0.29) is 19.7 Å². The summed E-state index contributed by atoms with van der Waals surface area (Å²) >= 11 is 22.7. The average Bonchev–Trinajstić information content (AvgIpc) is 2.32. The van der Waals surface area contributed by atoms with E-state index in [4.69, 9.17) is 51.5 Å². The van der Waals surface area contributed by atoms with Crippen LogP contribution in [0.4, 0.5) is 0 Å². The van der Waals surface area contributed by atoms with Gasteiger partial charge in [0.2, 0.25) is 0 Å². The van der Waals surface area contributed by atoms with Crippen molar-refractivity contribution in [3.8, 4) is 0 Å². The van der Waals surface area contributed by atoms with Crippen molar-refractivity contribution in [3.63, 3.8) is 0 Å². The number of hydrogen-bond acceptors (Lipinski definition) is 2. The van der Waals surface area contributed by atoms with Crippen LogP contribution in [-0.4, -0.2) is 33.9 Å². The van der Waals surface area contributed by atoms with Crippen molar-refractivity contribution in [2.24, 2.45) is 0 Å². The van der Waals surface area contributed by atoms with Crippen molar-refractivity contribution in [1.82, 2.24) is 4.90 Å². The number of nitrogens with zero attached hydrogens (tertiary/aromatic N) is 1. The first kappa shape index (κ1) is 15.9. The van der Waals surface area contributed by atoms with E-state index in [1.54, 1.807) is 18.2 Å². The number of benzene rings is 1. The van der Waals surface area contributed by atoms with Gasteiger partial charge in [-0.3, -0.25) is 4.79 Å².